The van der Waals surface area contributed by atoms with E-state index in [0.29, 0.717) is 5.92 Å². The summed E-state index contributed by atoms with van der Waals surface area (Å²) in [5.74, 6) is 0.514. The Kier molecular flexibility index (Phi) is 7.76. The van der Waals surface area contributed by atoms with Gasteiger partial charge < -0.3 is 5.21 Å². The Morgan fingerprint density at radius 2 is 1.62 bits per heavy atom. The van der Waals surface area contributed by atoms with Gasteiger partial charge in [0, 0.05) is 5.92 Å². The van der Waals surface area contributed by atoms with E-state index in [1.54, 1.807) is 0 Å². The van der Waals surface area contributed by atoms with Gasteiger partial charge in [-0.3, -0.25) is 0 Å². The first-order valence-corrected chi connectivity index (χ1v) is 5.50. The van der Waals surface area contributed by atoms with Crippen LogP contribution in [-0.4, -0.2) is 10.9 Å². The smallest absolute Gasteiger partial charge is 0.0601 e. The summed E-state index contributed by atoms with van der Waals surface area (Å²) in [7, 11) is 0. The summed E-state index contributed by atoms with van der Waals surface area (Å²) in [5.41, 5.74) is 1.01. The Labute approximate surface area is 82.0 Å². The van der Waals surface area contributed by atoms with E-state index < -0.39 is 0 Å². The average Bonchev–Trinajstić information content (AvgIpc) is 2.14. The van der Waals surface area contributed by atoms with Crippen molar-refractivity contribution in [3.05, 3.63) is 0 Å². The first kappa shape index (κ1) is 12.5. The monoisotopic (exact) mass is 185 g/mol. The second-order valence-electron chi connectivity index (χ2n) is 3.62. The largest absolute Gasteiger partial charge is 0.411 e. The lowest BCUT2D eigenvalue weighted by molar-refractivity contribution is 0.311. The van der Waals surface area contributed by atoms with Gasteiger partial charge in [0.2, 0.25) is 0 Å². The van der Waals surface area contributed by atoms with Gasteiger partial charge in [-0.2, -0.15) is 0 Å². The zero-order chi connectivity index (χ0) is 10.1. The van der Waals surface area contributed by atoms with Crippen LogP contribution in [0, 0.1) is 5.92 Å². The molecule has 0 saturated carbocycles. The quantitative estimate of drug-likeness (QED) is 0.365. The molecule has 0 amide bonds. The van der Waals surface area contributed by atoms with Gasteiger partial charge in [-0.25, -0.2) is 0 Å². The van der Waals surface area contributed by atoms with E-state index >= 15 is 0 Å². The van der Waals surface area contributed by atoms with Crippen molar-refractivity contribution in [2.24, 2.45) is 11.1 Å². The molecule has 13 heavy (non-hydrogen) atoms. The third kappa shape index (κ3) is 4.91. The van der Waals surface area contributed by atoms with Crippen LogP contribution in [-0.2, 0) is 0 Å². The van der Waals surface area contributed by atoms with Crippen LogP contribution < -0.4 is 0 Å². The SMILES string of the molecule is CCC/C(=N/O)C(CCC)CCC. The lowest BCUT2D eigenvalue weighted by atomic mass is 9.91. The van der Waals surface area contributed by atoms with Crippen LogP contribution in [0.3, 0.4) is 0 Å². The molecule has 0 atom stereocenters. The minimum absolute atomic E-state index is 0.514. The highest BCUT2D eigenvalue weighted by Crippen LogP contribution is 2.18. The Morgan fingerprint density at radius 1 is 1.08 bits per heavy atom. The molecule has 0 aliphatic carbocycles. The summed E-state index contributed by atoms with van der Waals surface area (Å²) < 4.78 is 0. The summed E-state index contributed by atoms with van der Waals surface area (Å²) >= 11 is 0. The van der Waals surface area contributed by atoms with E-state index in [0.717, 1.165) is 31.4 Å². The van der Waals surface area contributed by atoms with Crippen molar-refractivity contribution in [2.75, 3.05) is 0 Å². The molecule has 0 unspecified atom stereocenters. The number of hydrogen-bond donors (Lipinski definition) is 1. The van der Waals surface area contributed by atoms with E-state index in [1.807, 2.05) is 0 Å². The highest BCUT2D eigenvalue weighted by atomic mass is 16.4. The standard InChI is InChI=1S/C11H23NO/c1-4-7-10(8-5-2)11(12-13)9-6-3/h10,13H,4-9H2,1-3H3/b12-11-. The van der Waals surface area contributed by atoms with Crippen LogP contribution in [0.15, 0.2) is 5.16 Å². The van der Waals surface area contributed by atoms with Gasteiger partial charge in [-0.15, -0.1) is 0 Å². The van der Waals surface area contributed by atoms with Crippen LogP contribution in [0.4, 0.5) is 0 Å². The molecule has 1 N–H and O–H groups in total. The summed E-state index contributed by atoms with van der Waals surface area (Å²) in [4.78, 5) is 0. The van der Waals surface area contributed by atoms with Gasteiger partial charge in [0.15, 0.2) is 0 Å². The molecule has 0 radical (unpaired) electrons. The second kappa shape index (κ2) is 8.09. The fraction of sp³-hybridized carbons (Fsp3) is 0.909. The highest BCUT2D eigenvalue weighted by Gasteiger charge is 2.13. The molecular formula is C11H23NO. The molecule has 0 rings (SSSR count). The van der Waals surface area contributed by atoms with Crippen molar-refractivity contribution in [1.82, 2.24) is 0 Å². The summed E-state index contributed by atoms with van der Waals surface area (Å²) in [6.07, 6.45) is 6.69. The third-order valence-corrected chi connectivity index (χ3v) is 2.38. The van der Waals surface area contributed by atoms with Gasteiger partial charge in [0.25, 0.3) is 0 Å². The highest BCUT2D eigenvalue weighted by molar-refractivity contribution is 5.86. The summed E-state index contributed by atoms with van der Waals surface area (Å²) in [6, 6.07) is 0. The van der Waals surface area contributed by atoms with Crippen LogP contribution in [0.1, 0.15) is 59.3 Å². The van der Waals surface area contributed by atoms with E-state index in [2.05, 4.69) is 25.9 Å². The number of hydrogen-bond acceptors (Lipinski definition) is 2. The maximum atomic E-state index is 8.87. The Hall–Kier alpha value is -0.530. The van der Waals surface area contributed by atoms with E-state index in [1.165, 1.54) is 12.8 Å². The normalized spacial score (nSPS) is 12.5. The van der Waals surface area contributed by atoms with Crippen molar-refractivity contribution >= 4 is 5.71 Å². The van der Waals surface area contributed by atoms with Gasteiger partial charge in [-0.1, -0.05) is 45.2 Å². The van der Waals surface area contributed by atoms with Crippen molar-refractivity contribution < 1.29 is 5.21 Å². The number of oxime groups is 1. The number of rotatable bonds is 7. The molecule has 0 aromatic carbocycles. The van der Waals surface area contributed by atoms with Crippen molar-refractivity contribution in [1.29, 1.82) is 0 Å². The molecule has 2 nitrogen and oxygen atoms in total. The molecule has 0 bridgehead atoms. The molecule has 0 saturated heterocycles. The van der Waals surface area contributed by atoms with Crippen molar-refractivity contribution in [3.8, 4) is 0 Å². The topological polar surface area (TPSA) is 32.6 Å². The predicted molar refractivity (Wildman–Crippen MR) is 57.4 cm³/mol. The van der Waals surface area contributed by atoms with Crippen LogP contribution in [0.5, 0.6) is 0 Å². The molecule has 0 heterocycles. The maximum Gasteiger partial charge on any atom is 0.0601 e. The first-order chi connectivity index (χ1) is 6.29. The summed E-state index contributed by atoms with van der Waals surface area (Å²) in [5, 5.41) is 12.3. The zero-order valence-electron chi connectivity index (χ0n) is 9.21. The molecule has 0 aliphatic heterocycles. The van der Waals surface area contributed by atoms with Gasteiger partial charge in [0.1, 0.15) is 0 Å². The van der Waals surface area contributed by atoms with E-state index in [4.69, 9.17) is 5.21 Å². The molecule has 78 valence electrons. The molecule has 0 fully saturated rings. The molecule has 0 aliphatic rings. The Balaban J connectivity index is 4.12. The van der Waals surface area contributed by atoms with Gasteiger partial charge >= 0.3 is 0 Å². The Morgan fingerprint density at radius 3 is 1.92 bits per heavy atom. The van der Waals surface area contributed by atoms with E-state index in [-0.39, 0.29) is 0 Å². The third-order valence-electron chi connectivity index (χ3n) is 2.38. The fourth-order valence-electron chi connectivity index (χ4n) is 1.77. The molecule has 0 aromatic rings. The Bertz CT molecular complexity index is 137. The van der Waals surface area contributed by atoms with Crippen LogP contribution in [0.2, 0.25) is 0 Å². The van der Waals surface area contributed by atoms with Crippen LogP contribution >= 0.6 is 0 Å². The average molecular weight is 185 g/mol. The molecular weight excluding hydrogens is 162 g/mol. The fourth-order valence-corrected chi connectivity index (χ4v) is 1.77. The second-order valence-corrected chi connectivity index (χ2v) is 3.62. The maximum absolute atomic E-state index is 8.87. The van der Waals surface area contributed by atoms with Crippen LogP contribution in [0.25, 0.3) is 0 Å². The van der Waals surface area contributed by atoms with Gasteiger partial charge in [0.05, 0.1) is 5.71 Å². The predicted octanol–water partition coefficient (Wildman–Crippen LogP) is 3.83. The summed E-state index contributed by atoms with van der Waals surface area (Å²) in [6.45, 7) is 6.49. The molecule has 2 heteroatoms. The number of nitrogens with zero attached hydrogens (tertiary/aromatic N) is 1. The first-order valence-electron chi connectivity index (χ1n) is 5.50. The van der Waals surface area contributed by atoms with Gasteiger partial charge in [-0.05, 0) is 19.3 Å². The lowest BCUT2D eigenvalue weighted by Crippen LogP contribution is -2.14. The van der Waals surface area contributed by atoms with E-state index in [9.17, 15) is 0 Å². The molecule has 0 spiro atoms. The lowest BCUT2D eigenvalue weighted by Gasteiger charge is -2.15. The molecule has 0 aromatic heterocycles. The van der Waals surface area contributed by atoms with Crippen molar-refractivity contribution in [2.45, 2.75) is 59.3 Å². The van der Waals surface area contributed by atoms with Crippen molar-refractivity contribution in [3.63, 3.8) is 0 Å². The minimum Gasteiger partial charge on any atom is -0.411 e. The minimum atomic E-state index is 0.514. The zero-order valence-corrected chi connectivity index (χ0v) is 9.21.